The smallest absolute Gasteiger partial charge is 0.296 e. The van der Waals surface area contributed by atoms with Crippen molar-refractivity contribution < 1.29 is 33.3 Å². The minimum atomic E-state index is -1.05. The largest absolute Gasteiger partial charge is 0.503 e. The molecule has 4 aromatic rings. The van der Waals surface area contributed by atoms with E-state index in [1.54, 1.807) is 36.4 Å². The number of ketones is 1. The number of amides is 1. The summed E-state index contributed by atoms with van der Waals surface area (Å²) in [5.41, 5.74) is 0.946. The van der Waals surface area contributed by atoms with Crippen LogP contribution >= 0.6 is 11.3 Å². The van der Waals surface area contributed by atoms with E-state index >= 15 is 0 Å². The van der Waals surface area contributed by atoms with Gasteiger partial charge in [-0.3, -0.25) is 14.5 Å². The monoisotopic (exact) mass is 506 g/mol. The Kier molecular flexibility index (Phi) is 6.11. The van der Waals surface area contributed by atoms with Gasteiger partial charge >= 0.3 is 0 Å². The van der Waals surface area contributed by atoms with Crippen LogP contribution in [0.4, 0.5) is 5.13 Å². The molecule has 36 heavy (non-hydrogen) atoms. The lowest BCUT2D eigenvalue weighted by Crippen LogP contribution is -2.31. The van der Waals surface area contributed by atoms with E-state index in [4.69, 9.17) is 18.6 Å². The van der Waals surface area contributed by atoms with Crippen molar-refractivity contribution in [3.63, 3.8) is 0 Å². The Hall–Kier alpha value is -4.31. The molecule has 5 rings (SSSR count). The zero-order valence-electron chi connectivity index (χ0n) is 19.7. The summed E-state index contributed by atoms with van der Waals surface area (Å²) in [6.45, 7) is 2.40. The lowest BCUT2D eigenvalue weighted by Gasteiger charge is -2.26. The first-order chi connectivity index (χ1) is 17.5. The molecule has 9 nitrogen and oxygen atoms in total. The molecule has 1 atom stereocenters. The standard InChI is InChI=1S/C26H22N2O7S/c1-4-34-15-7-9-17-20(13-15)36-26(27-17)28-22(16-12-14(32-2)8-10-18(16)33-3)21(24(30)25(28)31)23(29)19-6-5-11-35-19/h5-13,22,30H,4H2,1-3H3/t22-/m1/s1. The van der Waals surface area contributed by atoms with Crippen LogP contribution in [-0.2, 0) is 4.79 Å². The number of furan rings is 1. The summed E-state index contributed by atoms with van der Waals surface area (Å²) in [4.78, 5) is 32.9. The number of carbonyl (C=O) groups excluding carboxylic acids is 2. The molecule has 1 aliphatic rings. The number of benzene rings is 2. The minimum absolute atomic E-state index is 0.0104. The third-order valence-corrected chi connectivity index (χ3v) is 6.81. The van der Waals surface area contributed by atoms with E-state index in [1.165, 1.54) is 42.8 Å². The second-order valence-corrected chi connectivity index (χ2v) is 8.82. The van der Waals surface area contributed by atoms with E-state index in [0.717, 1.165) is 4.70 Å². The molecule has 0 radical (unpaired) electrons. The predicted molar refractivity (Wildman–Crippen MR) is 133 cm³/mol. The fourth-order valence-corrected chi connectivity index (χ4v) is 5.20. The van der Waals surface area contributed by atoms with Gasteiger partial charge in [-0.05, 0) is 55.5 Å². The second-order valence-electron chi connectivity index (χ2n) is 7.81. The number of rotatable bonds is 8. The fraction of sp³-hybridized carbons (Fsp3) is 0.192. The van der Waals surface area contributed by atoms with Gasteiger partial charge in [0.2, 0.25) is 5.78 Å². The van der Waals surface area contributed by atoms with Crippen molar-refractivity contribution in [3.05, 3.63) is 77.5 Å². The maximum atomic E-state index is 13.5. The number of hydrogen-bond acceptors (Lipinski definition) is 9. The summed E-state index contributed by atoms with van der Waals surface area (Å²) in [6.07, 6.45) is 1.35. The molecule has 0 fully saturated rings. The van der Waals surface area contributed by atoms with E-state index in [1.807, 2.05) is 13.0 Å². The average molecular weight is 507 g/mol. The molecule has 184 valence electrons. The fourth-order valence-electron chi connectivity index (χ4n) is 4.17. The molecule has 0 bridgehead atoms. The van der Waals surface area contributed by atoms with Gasteiger partial charge < -0.3 is 23.7 Å². The highest BCUT2D eigenvalue weighted by Gasteiger charge is 2.47. The van der Waals surface area contributed by atoms with Crippen molar-refractivity contribution in [1.82, 2.24) is 4.98 Å². The molecular weight excluding hydrogens is 484 g/mol. The van der Waals surface area contributed by atoms with Crippen molar-refractivity contribution in [1.29, 1.82) is 0 Å². The van der Waals surface area contributed by atoms with Crippen LogP contribution in [-0.4, -0.2) is 42.6 Å². The van der Waals surface area contributed by atoms with Gasteiger partial charge in [-0.1, -0.05) is 11.3 Å². The SMILES string of the molecule is CCOc1ccc2nc(N3C(=O)C(O)=C(C(=O)c4ccco4)[C@H]3c3cc(OC)ccc3OC)sc2c1. The first-order valence-corrected chi connectivity index (χ1v) is 11.9. The van der Waals surface area contributed by atoms with Gasteiger partial charge in [0.1, 0.15) is 23.3 Å². The zero-order valence-corrected chi connectivity index (χ0v) is 20.5. The van der Waals surface area contributed by atoms with Gasteiger partial charge in [0, 0.05) is 5.56 Å². The number of anilines is 1. The second kappa shape index (κ2) is 9.38. The van der Waals surface area contributed by atoms with Crippen molar-refractivity contribution >= 4 is 38.4 Å². The molecule has 0 saturated heterocycles. The Bertz CT molecular complexity index is 1490. The zero-order chi connectivity index (χ0) is 25.4. The maximum Gasteiger partial charge on any atom is 0.296 e. The number of aliphatic hydroxyl groups excluding tert-OH is 1. The summed E-state index contributed by atoms with van der Waals surface area (Å²) < 4.78 is 22.6. The molecule has 0 spiro atoms. The van der Waals surface area contributed by atoms with Gasteiger partial charge in [0.15, 0.2) is 16.7 Å². The summed E-state index contributed by atoms with van der Waals surface area (Å²) in [5.74, 6) is -0.512. The van der Waals surface area contributed by atoms with Crippen molar-refractivity contribution in [2.45, 2.75) is 13.0 Å². The van der Waals surface area contributed by atoms with Crippen molar-refractivity contribution in [2.24, 2.45) is 0 Å². The van der Waals surface area contributed by atoms with E-state index in [-0.39, 0.29) is 11.3 Å². The number of methoxy groups -OCH3 is 2. The summed E-state index contributed by atoms with van der Waals surface area (Å²) in [7, 11) is 2.99. The highest BCUT2D eigenvalue weighted by molar-refractivity contribution is 7.22. The van der Waals surface area contributed by atoms with Crippen LogP contribution in [0, 0.1) is 0 Å². The number of ether oxygens (including phenoxy) is 3. The van der Waals surface area contributed by atoms with E-state index in [9.17, 15) is 14.7 Å². The van der Waals surface area contributed by atoms with Crippen LogP contribution in [0.15, 0.2) is 70.5 Å². The van der Waals surface area contributed by atoms with Gasteiger partial charge in [0.25, 0.3) is 5.91 Å². The Morgan fingerprint density at radius 3 is 2.64 bits per heavy atom. The molecule has 2 aromatic heterocycles. The van der Waals surface area contributed by atoms with Crippen molar-refractivity contribution in [3.8, 4) is 17.2 Å². The third-order valence-electron chi connectivity index (χ3n) is 5.79. The average Bonchev–Trinajstić information content (AvgIpc) is 3.62. The highest BCUT2D eigenvalue weighted by atomic mass is 32.1. The van der Waals surface area contributed by atoms with E-state index < -0.39 is 23.5 Å². The number of hydrogen-bond donors (Lipinski definition) is 1. The normalized spacial score (nSPS) is 15.6. The van der Waals surface area contributed by atoms with E-state index in [0.29, 0.717) is 40.1 Å². The van der Waals surface area contributed by atoms with Crippen LogP contribution in [0.25, 0.3) is 10.2 Å². The van der Waals surface area contributed by atoms with Crippen LogP contribution in [0.2, 0.25) is 0 Å². The molecule has 1 amide bonds. The Balaban J connectivity index is 1.70. The van der Waals surface area contributed by atoms with Gasteiger partial charge in [-0.2, -0.15) is 0 Å². The van der Waals surface area contributed by atoms with Crippen LogP contribution in [0.1, 0.15) is 29.1 Å². The number of carbonyl (C=O) groups is 2. The quantitative estimate of drug-likeness (QED) is 0.329. The third kappa shape index (κ3) is 3.85. The van der Waals surface area contributed by atoms with E-state index in [2.05, 4.69) is 4.98 Å². The Labute approximate surface area is 210 Å². The molecular formula is C26H22N2O7S. The molecule has 10 heteroatoms. The molecule has 1 aliphatic heterocycles. The number of fused-ring (bicyclic) bond motifs is 1. The lowest BCUT2D eigenvalue weighted by atomic mass is 9.94. The predicted octanol–water partition coefficient (Wildman–Crippen LogP) is 5.09. The molecule has 2 aromatic carbocycles. The number of nitrogens with zero attached hydrogens (tertiary/aromatic N) is 2. The van der Waals surface area contributed by atoms with Crippen LogP contribution < -0.4 is 19.1 Å². The van der Waals surface area contributed by atoms with Crippen LogP contribution in [0.3, 0.4) is 0 Å². The molecule has 1 N–H and O–H groups in total. The number of aromatic nitrogens is 1. The Morgan fingerprint density at radius 2 is 1.94 bits per heavy atom. The number of Topliss-reactive ketones (excluding diaryl/α,β-unsaturated/α-hetero) is 1. The number of thiazole rings is 1. The van der Waals surface area contributed by atoms with Crippen molar-refractivity contribution in [2.75, 3.05) is 25.7 Å². The minimum Gasteiger partial charge on any atom is -0.503 e. The Morgan fingerprint density at radius 1 is 1.14 bits per heavy atom. The molecule has 0 saturated carbocycles. The molecule has 0 aliphatic carbocycles. The summed E-state index contributed by atoms with van der Waals surface area (Å²) in [5, 5.41) is 11.3. The van der Waals surface area contributed by atoms with Gasteiger partial charge in [-0.25, -0.2) is 4.98 Å². The molecule has 3 heterocycles. The highest BCUT2D eigenvalue weighted by Crippen LogP contribution is 2.47. The van der Waals surface area contributed by atoms with Gasteiger partial charge in [0.05, 0.1) is 42.9 Å². The first-order valence-electron chi connectivity index (χ1n) is 11.1. The summed E-state index contributed by atoms with van der Waals surface area (Å²) in [6, 6.07) is 12.5. The maximum absolute atomic E-state index is 13.5. The van der Waals surface area contributed by atoms with Crippen LogP contribution in [0.5, 0.6) is 17.2 Å². The number of aliphatic hydroxyl groups is 1. The van der Waals surface area contributed by atoms with Gasteiger partial charge in [-0.15, -0.1) is 0 Å². The first kappa shape index (κ1) is 23.4. The lowest BCUT2D eigenvalue weighted by molar-refractivity contribution is -0.117. The summed E-state index contributed by atoms with van der Waals surface area (Å²) >= 11 is 1.24. The topological polar surface area (TPSA) is 111 Å². The molecule has 0 unspecified atom stereocenters.